The smallest absolute Gasteiger partial charge is 0.0547 e. The van der Waals surface area contributed by atoms with Gasteiger partial charge >= 0.3 is 0 Å². The van der Waals surface area contributed by atoms with Crippen LogP contribution in [0.3, 0.4) is 0 Å². The zero-order valence-electron chi connectivity index (χ0n) is 8.76. The normalized spacial score (nSPS) is 39.3. The molecule has 1 aliphatic carbocycles. The van der Waals surface area contributed by atoms with Crippen LogP contribution < -0.4 is 5.32 Å². The molecule has 2 aliphatic rings. The summed E-state index contributed by atoms with van der Waals surface area (Å²) >= 11 is 0. The Kier molecular flexibility index (Phi) is 2.26. The van der Waals surface area contributed by atoms with Crippen molar-refractivity contribution in [1.82, 2.24) is 5.32 Å². The maximum Gasteiger partial charge on any atom is 0.0547 e. The summed E-state index contributed by atoms with van der Waals surface area (Å²) in [5.74, 6) is 1.33. The standard InChI is InChI=1S/C13H17NO/c15-11-6-10-8-14-13(12(10)7-11)9-4-2-1-3-5-9/h1-5,10-15H,6-8H2. The summed E-state index contributed by atoms with van der Waals surface area (Å²) in [6, 6.07) is 11.1. The van der Waals surface area contributed by atoms with Gasteiger partial charge in [0.2, 0.25) is 0 Å². The fraction of sp³-hybridized carbons (Fsp3) is 0.538. The van der Waals surface area contributed by atoms with Gasteiger partial charge in [0.25, 0.3) is 0 Å². The zero-order chi connectivity index (χ0) is 10.3. The van der Waals surface area contributed by atoms with Crippen LogP contribution >= 0.6 is 0 Å². The van der Waals surface area contributed by atoms with E-state index in [1.165, 1.54) is 5.56 Å². The number of benzene rings is 1. The second-order valence-electron chi connectivity index (χ2n) is 4.85. The molecule has 0 aromatic heterocycles. The molecule has 1 aliphatic heterocycles. The minimum Gasteiger partial charge on any atom is -0.393 e. The van der Waals surface area contributed by atoms with Gasteiger partial charge in [0.15, 0.2) is 0 Å². The van der Waals surface area contributed by atoms with Crippen molar-refractivity contribution in [3.63, 3.8) is 0 Å². The van der Waals surface area contributed by atoms with E-state index in [1.807, 2.05) is 0 Å². The molecule has 4 atom stereocenters. The average molecular weight is 203 g/mol. The van der Waals surface area contributed by atoms with E-state index in [4.69, 9.17) is 0 Å². The van der Waals surface area contributed by atoms with Gasteiger partial charge in [-0.15, -0.1) is 0 Å². The molecule has 1 saturated carbocycles. The Bertz CT molecular complexity index is 338. The highest BCUT2D eigenvalue weighted by atomic mass is 16.3. The van der Waals surface area contributed by atoms with Crippen molar-refractivity contribution in [2.24, 2.45) is 11.8 Å². The maximum absolute atomic E-state index is 9.67. The van der Waals surface area contributed by atoms with Gasteiger partial charge in [-0.1, -0.05) is 30.3 Å². The van der Waals surface area contributed by atoms with E-state index >= 15 is 0 Å². The molecule has 2 heteroatoms. The summed E-state index contributed by atoms with van der Waals surface area (Å²) in [6.45, 7) is 1.07. The highest BCUT2D eigenvalue weighted by Crippen LogP contribution is 2.44. The highest BCUT2D eigenvalue weighted by Gasteiger charge is 2.42. The second kappa shape index (κ2) is 3.62. The molecule has 0 spiro atoms. The van der Waals surface area contributed by atoms with Crippen LogP contribution in [0.1, 0.15) is 24.4 Å². The van der Waals surface area contributed by atoms with Gasteiger partial charge in [0.05, 0.1) is 6.10 Å². The first-order valence-electron chi connectivity index (χ1n) is 5.81. The molecule has 1 aromatic carbocycles. The van der Waals surface area contributed by atoms with Crippen LogP contribution in [0.2, 0.25) is 0 Å². The fourth-order valence-corrected chi connectivity index (χ4v) is 3.23. The van der Waals surface area contributed by atoms with Crippen LogP contribution in [0.15, 0.2) is 30.3 Å². The van der Waals surface area contributed by atoms with Crippen LogP contribution in [0.25, 0.3) is 0 Å². The molecule has 3 rings (SSSR count). The lowest BCUT2D eigenvalue weighted by Crippen LogP contribution is -2.19. The number of hydrogen-bond donors (Lipinski definition) is 2. The van der Waals surface area contributed by atoms with Gasteiger partial charge in [0.1, 0.15) is 0 Å². The number of nitrogens with one attached hydrogen (secondary N) is 1. The summed E-state index contributed by atoms with van der Waals surface area (Å²) in [4.78, 5) is 0. The third-order valence-electron chi connectivity index (χ3n) is 3.91. The molecule has 1 aromatic rings. The number of aliphatic hydroxyl groups excluding tert-OH is 1. The van der Waals surface area contributed by atoms with Crippen molar-refractivity contribution in [1.29, 1.82) is 0 Å². The van der Waals surface area contributed by atoms with E-state index in [0.29, 0.717) is 17.9 Å². The molecule has 0 radical (unpaired) electrons. The molecule has 15 heavy (non-hydrogen) atoms. The van der Waals surface area contributed by atoms with E-state index in [2.05, 4.69) is 35.6 Å². The quantitative estimate of drug-likeness (QED) is 0.728. The predicted octanol–water partition coefficient (Wildman–Crippen LogP) is 1.72. The van der Waals surface area contributed by atoms with Crippen molar-refractivity contribution in [3.8, 4) is 0 Å². The Morgan fingerprint density at radius 3 is 2.73 bits per heavy atom. The Hall–Kier alpha value is -0.860. The molecule has 2 nitrogen and oxygen atoms in total. The van der Waals surface area contributed by atoms with Gasteiger partial charge in [-0.25, -0.2) is 0 Å². The third kappa shape index (κ3) is 1.58. The van der Waals surface area contributed by atoms with Gasteiger partial charge in [-0.05, 0) is 36.8 Å². The fourth-order valence-electron chi connectivity index (χ4n) is 3.23. The van der Waals surface area contributed by atoms with Gasteiger partial charge < -0.3 is 10.4 Å². The molecule has 4 unspecified atom stereocenters. The molecular formula is C13H17NO. The van der Waals surface area contributed by atoms with Gasteiger partial charge in [0, 0.05) is 6.04 Å². The number of fused-ring (bicyclic) bond motifs is 1. The zero-order valence-corrected chi connectivity index (χ0v) is 8.76. The van der Waals surface area contributed by atoms with Crippen molar-refractivity contribution in [2.75, 3.05) is 6.54 Å². The summed E-state index contributed by atoms with van der Waals surface area (Å²) in [5, 5.41) is 13.3. The first-order chi connectivity index (χ1) is 7.34. The number of hydrogen-bond acceptors (Lipinski definition) is 2. The molecule has 0 amide bonds. The van der Waals surface area contributed by atoms with Crippen LogP contribution in [-0.2, 0) is 0 Å². The lowest BCUT2D eigenvalue weighted by molar-refractivity contribution is 0.169. The van der Waals surface area contributed by atoms with E-state index in [-0.39, 0.29) is 6.10 Å². The largest absolute Gasteiger partial charge is 0.393 e. The Labute approximate surface area is 90.3 Å². The first kappa shape index (κ1) is 9.37. The third-order valence-corrected chi connectivity index (χ3v) is 3.91. The minimum absolute atomic E-state index is 0.0617. The Morgan fingerprint density at radius 1 is 1.13 bits per heavy atom. The summed E-state index contributed by atoms with van der Waals surface area (Å²) in [5.41, 5.74) is 1.37. The monoisotopic (exact) mass is 203 g/mol. The highest BCUT2D eigenvalue weighted by molar-refractivity contribution is 5.22. The van der Waals surface area contributed by atoms with Crippen LogP contribution in [0.4, 0.5) is 0 Å². The molecular weight excluding hydrogens is 186 g/mol. The summed E-state index contributed by atoms with van der Waals surface area (Å²) in [6.07, 6.45) is 1.89. The number of rotatable bonds is 1. The SMILES string of the molecule is OC1CC2CNC(c3ccccc3)C2C1. The molecule has 80 valence electrons. The first-order valence-corrected chi connectivity index (χ1v) is 5.81. The molecule has 1 saturated heterocycles. The van der Waals surface area contributed by atoms with Crippen molar-refractivity contribution >= 4 is 0 Å². The van der Waals surface area contributed by atoms with E-state index in [0.717, 1.165) is 19.4 Å². The molecule has 2 N–H and O–H groups in total. The van der Waals surface area contributed by atoms with Crippen LogP contribution in [0.5, 0.6) is 0 Å². The average Bonchev–Trinajstić information content (AvgIpc) is 2.77. The van der Waals surface area contributed by atoms with Crippen molar-refractivity contribution in [2.45, 2.75) is 25.0 Å². The summed E-state index contributed by atoms with van der Waals surface area (Å²) < 4.78 is 0. The predicted molar refractivity (Wildman–Crippen MR) is 59.4 cm³/mol. The topological polar surface area (TPSA) is 32.3 Å². The van der Waals surface area contributed by atoms with Crippen LogP contribution in [0, 0.1) is 11.8 Å². The van der Waals surface area contributed by atoms with Gasteiger partial charge in [-0.3, -0.25) is 0 Å². The lowest BCUT2D eigenvalue weighted by Gasteiger charge is -2.18. The Balaban J connectivity index is 1.84. The van der Waals surface area contributed by atoms with E-state index in [9.17, 15) is 5.11 Å². The number of aliphatic hydroxyl groups is 1. The van der Waals surface area contributed by atoms with Gasteiger partial charge in [-0.2, -0.15) is 0 Å². The van der Waals surface area contributed by atoms with E-state index < -0.39 is 0 Å². The molecule has 2 fully saturated rings. The van der Waals surface area contributed by atoms with Crippen LogP contribution in [-0.4, -0.2) is 17.8 Å². The van der Waals surface area contributed by atoms with Crippen molar-refractivity contribution < 1.29 is 5.11 Å². The maximum atomic E-state index is 9.67. The van der Waals surface area contributed by atoms with Crippen molar-refractivity contribution in [3.05, 3.63) is 35.9 Å². The lowest BCUT2D eigenvalue weighted by atomic mass is 9.90. The molecule has 0 bridgehead atoms. The minimum atomic E-state index is -0.0617. The second-order valence-corrected chi connectivity index (χ2v) is 4.85. The molecule has 1 heterocycles. The van der Waals surface area contributed by atoms with E-state index in [1.54, 1.807) is 0 Å². The summed E-state index contributed by atoms with van der Waals surface area (Å²) in [7, 11) is 0. The Morgan fingerprint density at radius 2 is 1.93 bits per heavy atom.